The molecule has 0 saturated carbocycles. The second-order valence-electron chi connectivity index (χ2n) is 4.28. The van der Waals surface area contributed by atoms with Crippen LogP contribution in [0.3, 0.4) is 0 Å². The number of halogens is 2. The zero-order valence-electron chi connectivity index (χ0n) is 9.87. The molecule has 0 N–H and O–H groups in total. The van der Waals surface area contributed by atoms with Crippen LogP contribution in [0.15, 0.2) is 42.5 Å². The highest BCUT2D eigenvalue weighted by Gasteiger charge is 2.10. The Morgan fingerprint density at radius 3 is 2.12 bits per heavy atom. The normalized spacial score (nSPS) is 12.5. The Hall–Kier alpha value is -0.790. The molecule has 0 amide bonds. The van der Waals surface area contributed by atoms with E-state index >= 15 is 0 Å². The van der Waals surface area contributed by atoms with Crippen molar-refractivity contribution in [1.82, 2.24) is 0 Å². The van der Waals surface area contributed by atoms with Gasteiger partial charge in [0.1, 0.15) is 0 Å². The molecule has 0 fully saturated rings. The summed E-state index contributed by atoms with van der Waals surface area (Å²) in [5.41, 5.74) is 4.81. The van der Waals surface area contributed by atoms with Gasteiger partial charge in [0.15, 0.2) is 0 Å². The smallest absolute Gasteiger partial charge is 0.0645 e. The van der Waals surface area contributed by atoms with Crippen LogP contribution in [-0.4, -0.2) is 0 Å². The van der Waals surface area contributed by atoms with Crippen molar-refractivity contribution in [3.8, 4) is 0 Å². The first kappa shape index (κ1) is 12.7. The van der Waals surface area contributed by atoms with Gasteiger partial charge in [0, 0.05) is 5.02 Å². The predicted octanol–water partition coefficient (Wildman–Crippen LogP) is 5.44. The van der Waals surface area contributed by atoms with Gasteiger partial charge in [0.25, 0.3) is 0 Å². The van der Waals surface area contributed by atoms with Gasteiger partial charge in [-0.2, -0.15) is 0 Å². The van der Waals surface area contributed by atoms with Gasteiger partial charge < -0.3 is 0 Å². The van der Waals surface area contributed by atoms with Crippen molar-refractivity contribution in [2.75, 3.05) is 0 Å². The van der Waals surface area contributed by atoms with Gasteiger partial charge in [0.2, 0.25) is 0 Å². The van der Waals surface area contributed by atoms with Crippen LogP contribution in [0, 0.1) is 13.8 Å². The Bertz CT molecular complexity index is 517. The third-order valence-electron chi connectivity index (χ3n) is 2.86. The van der Waals surface area contributed by atoms with Crippen LogP contribution in [0.4, 0.5) is 0 Å². The van der Waals surface area contributed by atoms with Gasteiger partial charge in [0.05, 0.1) is 4.83 Å². The van der Waals surface area contributed by atoms with Crippen molar-refractivity contribution >= 4 is 27.5 Å². The summed E-state index contributed by atoms with van der Waals surface area (Å²) in [6, 6.07) is 14.7. The highest BCUT2D eigenvalue weighted by Crippen LogP contribution is 2.32. The van der Waals surface area contributed by atoms with Crippen molar-refractivity contribution < 1.29 is 0 Å². The van der Waals surface area contributed by atoms with E-state index in [1.165, 1.54) is 16.7 Å². The SMILES string of the molecule is Cc1ccc(C(Br)c2ccc(C)c(Cl)c2)cc1. The summed E-state index contributed by atoms with van der Waals surface area (Å²) in [5, 5.41) is 0.819. The van der Waals surface area contributed by atoms with Crippen molar-refractivity contribution in [1.29, 1.82) is 0 Å². The summed E-state index contributed by atoms with van der Waals surface area (Å²) in [6.45, 7) is 4.11. The first-order chi connectivity index (χ1) is 8.08. The lowest BCUT2D eigenvalue weighted by Gasteiger charge is -2.12. The molecule has 0 aromatic heterocycles. The molecule has 0 spiro atoms. The number of alkyl halides is 1. The van der Waals surface area contributed by atoms with Gasteiger partial charge in [-0.1, -0.05) is 69.5 Å². The van der Waals surface area contributed by atoms with Crippen molar-refractivity contribution in [2.24, 2.45) is 0 Å². The minimum absolute atomic E-state index is 0.196. The van der Waals surface area contributed by atoms with Crippen LogP contribution in [0.5, 0.6) is 0 Å². The van der Waals surface area contributed by atoms with Gasteiger partial charge >= 0.3 is 0 Å². The molecular weight excluding hydrogens is 296 g/mol. The lowest BCUT2D eigenvalue weighted by atomic mass is 10.0. The average Bonchev–Trinajstić information content (AvgIpc) is 2.33. The maximum atomic E-state index is 6.15. The Morgan fingerprint density at radius 1 is 0.941 bits per heavy atom. The lowest BCUT2D eigenvalue weighted by molar-refractivity contribution is 1.17. The molecule has 2 aromatic rings. The molecule has 17 heavy (non-hydrogen) atoms. The zero-order valence-corrected chi connectivity index (χ0v) is 12.2. The number of rotatable bonds is 2. The molecule has 2 rings (SSSR count). The van der Waals surface area contributed by atoms with E-state index in [0.29, 0.717) is 0 Å². The maximum Gasteiger partial charge on any atom is 0.0645 e. The first-order valence-electron chi connectivity index (χ1n) is 5.54. The van der Waals surface area contributed by atoms with Crippen LogP contribution in [0.25, 0.3) is 0 Å². The lowest BCUT2D eigenvalue weighted by Crippen LogP contribution is -1.93. The molecule has 0 saturated heterocycles. The number of aryl methyl sites for hydroxylation is 2. The molecule has 1 unspecified atom stereocenters. The van der Waals surface area contributed by atoms with Crippen molar-refractivity contribution in [3.63, 3.8) is 0 Å². The molecule has 2 aromatic carbocycles. The van der Waals surface area contributed by atoms with E-state index in [0.717, 1.165) is 10.6 Å². The largest absolute Gasteiger partial charge is 0.0840 e. The van der Waals surface area contributed by atoms with Crippen LogP contribution in [-0.2, 0) is 0 Å². The molecule has 0 heterocycles. The third-order valence-corrected chi connectivity index (χ3v) is 4.32. The molecule has 1 atom stereocenters. The Morgan fingerprint density at radius 2 is 1.53 bits per heavy atom. The van der Waals surface area contributed by atoms with Crippen LogP contribution >= 0.6 is 27.5 Å². The van der Waals surface area contributed by atoms with Crippen LogP contribution in [0.2, 0.25) is 5.02 Å². The number of hydrogen-bond acceptors (Lipinski definition) is 0. The second kappa shape index (κ2) is 5.24. The molecule has 0 aliphatic heterocycles. The monoisotopic (exact) mass is 308 g/mol. The third kappa shape index (κ3) is 2.91. The molecule has 0 nitrogen and oxygen atoms in total. The van der Waals surface area contributed by atoms with E-state index in [4.69, 9.17) is 11.6 Å². The van der Waals surface area contributed by atoms with E-state index in [-0.39, 0.29) is 4.83 Å². The van der Waals surface area contributed by atoms with Crippen molar-refractivity contribution in [3.05, 3.63) is 69.7 Å². The molecule has 0 aliphatic carbocycles. The fraction of sp³-hybridized carbons (Fsp3) is 0.200. The predicted molar refractivity (Wildman–Crippen MR) is 78.1 cm³/mol. The number of hydrogen-bond donors (Lipinski definition) is 0. The van der Waals surface area contributed by atoms with E-state index in [9.17, 15) is 0 Å². The molecular formula is C15H14BrCl. The summed E-state index contributed by atoms with van der Waals surface area (Å²) in [6.07, 6.45) is 0. The Balaban J connectivity index is 2.33. The van der Waals surface area contributed by atoms with Crippen LogP contribution in [0.1, 0.15) is 27.1 Å². The Labute approximate surface area is 116 Å². The molecule has 0 radical (unpaired) electrons. The van der Waals surface area contributed by atoms with E-state index in [1.54, 1.807) is 0 Å². The Kier molecular flexibility index (Phi) is 3.90. The highest BCUT2D eigenvalue weighted by atomic mass is 79.9. The summed E-state index contributed by atoms with van der Waals surface area (Å²) in [5.74, 6) is 0. The minimum atomic E-state index is 0.196. The second-order valence-corrected chi connectivity index (χ2v) is 5.60. The van der Waals surface area contributed by atoms with Crippen molar-refractivity contribution in [2.45, 2.75) is 18.7 Å². The van der Waals surface area contributed by atoms with Gasteiger partial charge in [-0.3, -0.25) is 0 Å². The van der Waals surface area contributed by atoms with Gasteiger partial charge in [-0.25, -0.2) is 0 Å². The van der Waals surface area contributed by atoms with Gasteiger partial charge in [-0.15, -0.1) is 0 Å². The fourth-order valence-electron chi connectivity index (χ4n) is 1.69. The highest BCUT2D eigenvalue weighted by molar-refractivity contribution is 9.09. The first-order valence-corrected chi connectivity index (χ1v) is 6.84. The standard InChI is InChI=1S/C15H14BrCl/c1-10-3-6-12(7-4-10)15(16)13-8-5-11(2)14(17)9-13/h3-9,15H,1-2H3. The summed E-state index contributed by atoms with van der Waals surface area (Å²) >= 11 is 9.87. The quantitative estimate of drug-likeness (QED) is 0.648. The molecule has 0 aliphatic rings. The zero-order chi connectivity index (χ0) is 12.4. The molecule has 88 valence electrons. The summed E-state index contributed by atoms with van der Waals surface area (Å²) < 4.78 is 0. The summed E-state index contributed by atoms with van der Waals surface area (Å²) in [7, 11) is 0. The maximum absolute atomic E-state index is 6.15. The van der Waals surface area contributed by atoms with E-state index in [1.807, 2.05) is 13.0 Å². The number of benzene rings is 2. The molecule has 0 bridgehead atoms. The minimum Gasteiger partial charge on any atom is -0.0840 e. The molecule has 2 heteroatoms. The van der Waals surface area contributed by atoms with Crippen LogP contribution < -0.4 is 0 Å². The van der Waals surface area contributed by atoms with Gasteiger partial charge in [-0.05, 0) is 36.6 Å². The van der Waals surface area contributed by atoms with E-state index < -0.39 is 0 Å². The topological polar surface area (TPSA) is 0 Å². The average molecular weight is 310 g/mol. The fourth-order valence-corrected chi connectivity index (χ4v) is 2.47. The van der Waals surface area contributed by atoms with E-state index in [2.05, 4.69) is 59.3 Å². The summed E-state index contributed by atoms with van der Waals surface area (Å²) in [4.78, 5) is 0.196.